The van der Waals surface area contributed by atoms with Crippen molar-refractivity contribution in [2.75, 3.05) is 18.4 Å². The summed E-state index contributed by atoms with van der Waals surface area (Å²) in [5.74, 6) is 1.03. The van der Waals surface area contributed by atoms with Crippen molar-refractivity contribution in [2.24, 2.45) is 5.73 Å². The van der Waals surface area contributed by atoms with Gasteiger partial charge in [-0.25, -0.2) is 14.4 Å². The Hall–Kier alpha value is -2.01. The van der Waals surface area contributed by atoms with E-state index in [9.17, 15) is 4.39 Å². The molecule has 0 unspecified atom stereocenters. The number of rotatable bonds is 5. The quantitative estimate of drug-likeness (QED) is 0.883. The lowest BCUT2D eigenvalue weighted by molar-refractivity contribution is 0.429. The Balaban J connectivity index is 1.97. The minimum atomic E-state index is -0.259. The van der Waals surface area contributed by atoms with E-state index in [1.807, 2.05) is 12.3 Å². The fourth-order valence-electron chi connectivity index (χ4n) is 3.14. The third-order valence-electron chi connectivity index (χ3n) is 4.34. The van der Waals surface area contributed by atoms with Crippen molar-refractivity contribution in [3.63, 3.8) is 0 Å². The molecule has 0 aliphatic heterocycles. The summed E-state index contributed by atoms with van der Waals surface area (Å²) in [6.07, 6.45) is 7.85. The van der Waals surface area contributed by atoms with Crippen molar-refractivity contribution in [3.8, 4) is 11.3 Å². The summed E-state index contributed by atoms with van der Waals surface area (Å²) in [6, 6.07) is 6.55. The second-order valence-corrected chi connectivity index (χ2v) is 6.05. The van der Waals surface area contributed by atoms with Crippen LogP contribution in [0.5, 0.6) is 0 Å². The van der Waals surface area contributed by atoms with Gasteiger partial charge in [0.15, 0.2) is 0 Å². The molecule has 0 saturated heterocycles. The summed E-state index contributed by atoms with van der Waals surface area (Å²) < 4.78 is 13.6. The van der Waals surface area contributed by atoms with Gasteiger partial charge < -0.3 is 11.1 Å². The Kier molecular flexibility index (Phi) is 5.18. The van der Waals surface area contributed by atoms with Gasteiger partial charge in [0.2, 0.25) is 0 Å². The minimum absolute atomic E-state index is 0.259. The zero-order valence-electron chi connectivity index (χ0n) is 13.3. The highest BCUT2D eigenvalue weighted by Crippen LogP contribution is 2.33. The van der Waals surface area contributed by atoms with Gasteiger partial charge >= 0.3 is 0 Å². The molecule has 23 heavy (non-hydrogen) atoms. The largest absolute Gasteiger partial charge is 0.381 e. The summed E-state index contributed by atoms with van der Waals surface area (Å²) in [6.45, 7) is 1.15. The van der Waals surface area contributed by atoms with E-state index in [2.05, 4.69) is 10.3 Å². The molecule has 122 valence electrons. The zero-order chi connectivity index (χ0) is 16.1. The van der Waals surface area contributed by atoms with Crippen LogP contribution in [0.15, 0.2) is 30.5 Å². The number of nitrogens with zero attached hydrogens (tertiary/aromatic N) is 2. The lowest BCUT2D eigenvalue weighted by Gasteiger charge is -2.21. The van der Waals surface area contributed by atoms with Gasteiger partial charge in [0.25, 0.3) is 0 Å². The van der Waals surface area contributed by atoms with Crippen LogP contribution >= 0.6 is 0 Å². The van der Waals surface area contributed by atoms with E-state index in [0.717, 1.165) is 35.6 Å². The number of hydrogen-bond donors (Lipinski definition) is 2. The van der Waals surface area contributed by atoms with Gasteiger partial charge in [-0.2, -0.15) is 0 Å². The third-order valence-corrected chi connectivity index (χ3v) is 4.34. The molecule has 1 aliphatic carbocycles. The maximum atomic E-state index is 13.6. The Morgan fingerprint density at radius 2 is 2.04 bits per heavy atom. The molecule has 1 aromatic heterocycles. The molecular formula is C18H23FN4. The number of nitrogens with one attached hydrogen (secondary N) is 1. The second kappa shape index (κ2) is 7.51. The second-order valence-electron chi connectivity index (χ2n) is 6.05. The van der Waals surface area contributed by atoms with E-state index in [0.29, 0.717) is 19.0 Å². The van der Waals surface area contributed by atoms with Gasteiger partial charge in [-0.15, -0.1) is 0 Å². The van der Waals surface area contributed by atoms with Crippen LogP contribution in [-0.2, 0) is 0 Å². The first-order valence-corrected chi connectivity index (χ1v) is 8.35. The Morgan fingerprint density at radius 1 is 1.22 bits per heavy atom. The number of halogens is 1. The van der Waals surface area contributed by atoms with Gasteiger partial charge in [0.1, 0.15) is 11.6 Å². The van der Waals surface area contributed by atoms with Crippen molar-refractivity contribution < 1.29 is 4.39 Å². The lowest BCUT2D eigenvalue weighted by Crippen LogP contribution is -2.15. The molecule has 1 aliphatic rings. The molecule has 0 radical (unpaired) electrons. The SMILES string of the molecule is NCCNc1cnc(C2CCCCC2)nc1-c1cccc(F)c1. The Labute approximate surface area is 136 Å². The molecule has 0 spiro atoms. The molecule has 4 nitrogen and oxygen atoms in total. The van der Waals surface area contributed by atoms with Crippen molar-refractivity contribution in [1.82, 2.24) is 9.97 Å². The topological polar surface area (TPSA) is 63.8 Å². The first kappa shape index (κ1) is 15.9. The summed E-state index contributed by atoms with van der Waals surface area (Å²) in [5, 5.41) is 3.24. The molecule has 3 rings (SSSR count). The Morgan fingerprint density at radius 3 is 2.78 bits per heavy atom. The summed E-state index contributed by atoms with van der Waals surface area (Å²) in [5.41, 5.74) is 7.90. The van der Waals surface area contributed by atoms with Crippen LogP contribution in [-0.4, -0.2) is 23.1 Å². The number of aromatic nitrogens is 2. The first-order chi connectivity index (χ1) is 11.3. The van der Waals surface area contributed by atoms with Crippen molar-refractivity contribution in [2.45, 2.75) is 38.0 Å². The molecule has 1 heterocycles. The third kappa shape index (κ3) is 3.85. The van der Waals surface area contributed by atoms with Crippen molar-refractivity contribution in [1.29, 1.82) is 0 Å². The summed E-state index contributed by atoms with van der Waals surface area (Å²) in [7, 11) is 0. The van der Waals surface area contributed by atoms with Gasteiger partial charge in [0.05, 0.1) is 17.6 Å². The number of nitrogens with two attached hydrogens (primary N) is 1. The monoisotopic (exact) mass is 314 g/mol. The Bertz CT molecular complexity index is 653. The molecular weight excluding hydrogens is 291 g/mol. The molecule has 0 bridgehead atoms. The van der Waals surface area contributed by atoms with E-state index >= 15 is 0 Å². The normalized spacial score (nSPS) is 15.6. The van der Waals surface area contributed by atoms with E-state index in [1.54, 1.807) is 6.07 Å². The van der Waals surface area contributed by atoms with Crippen LogP contribution in [0.2, 0.25) is 0 Å². The predicted molar refractivity (Wildman–Crippen MR) is 90.8 cm³/mol. The molecule has 5 heteroatoms. The predicted octanol–water partition coefficient (Wildman–Crippen LogP) is 3.70. The van der Waals surface area contributed by atoms with E-state index in [1.165, 1.54) is 31.4 Å². The molecule has 1 saturated carbocycles. The first-order valence-electron chi connectivity index (χ1n) is 8.35. The van der Waals surface area contributed by atoms with Crippen LogP contribution in [0.4, 0.5) is 10.1 Å². The van der Waals surface area contributed by atoms with Crippen LogP contribution in [0, 0.1) is 5.82 Å². The zero-order valence-corrected chi connectivity index (χ0v) is 13.3. The van der Waals surface area contributed by atoms with Crippen LogP contribution in [0.25, 0.3) is 11.3 Å². The van der Waals surface area contributed by atoms with Crippen molar-refractivity contribution >= 4 is 5.69 Å². The van der Waals surface area contributed by atoms with Crippen LogP contribution in [0.3, 0.4) is 0 Å². The van der Waals surface area contributed by atoms with Crippen molar-refractivity contribution in [3.05, 3.63) is 42.1 Å². The summed E-state index contributed by atoms with van der Waals surface area (Å²) in [4.78, 5) is 9.34. The highest BCUT2D eigenvalue weighted by atomic mass is 19.1. The number of hydrogen-bond acceptors (Lipinski definition) is 4. The fourth-order valence-corrected chi connectivity index (χ4v) is 3.14. The van der Waals surface area contributed by atoms with Gasteiger partial charge in [-0.05, 0) is 25.0 Å². The average Bonchev–Trinajstić information content (AvgIpc) is 2.60. The average molecular weight is 314 g/mol. The van der Waals surface area contributed by atoms with E-state index < -0.39 is 0 Å². The molecule has 1 aromatic carbocycles. The van der Waals surface area contributed by atoms with Gasteiger partial charge in [0, 0.05) is 24.6 Å². The fraction of sp³-hybridized carbons (Fsp3) is 0.444. The lowest BCUT2D eigenvalue weighted by atomic mass is 9.88. The number of anilines is 1. The van der Waals surface area contributed by atoms with E-state index in [-0.39, 0.29) is 5.82 Å². The minimum Gasteiger partial charge on any atom is -0.381 e. The van der Waals surface area contributed by atoms with Gasteiger partial charge in [-0.3, -0.25) is 0 Å². The molecule has 2 aromatic rings. The maximum Gasteiger partial charge on any atom is 0.132 e. The van der Waals surface area contributed by atoms with Crippen LogP contribution in [0.1, 0.15) is 43.8 Å². The number of benzene rings is 1. The van der Waals surface area contributed by atoms with Crippen LogP contribution < -0.4 is 11.1 Å². The molecule has 1 fully saturated rings. The molecule has 0 atom stereocenters. The molecule has 0 amide bonds. The molecule has 3 N–H and O–H groups in total. The smallest absolute Gasteiger partial charge is 0.132 e. The summed E-state index contributed by atoms with van der Waals surface area (Å²) >= 11 is 0. The highest BCUT2D eigenvalue weighted by molar-refractivity contribution is 5.73. The standard InChI is InChI=1S/C18H23FN4/c19-15-8-4-7-14(11-15)17-16(21-10-9-20)12-22-18(23-17)13-5-2-1-3-6-13/h4,7-8,11-13,21H,1-3,5-6,9-10,20H2. The van der Waals surface area contributed by atoms with Gasteiger partial charge in [-0.1, -0.05) is 31.4 Å². The van der Waals surface area contributed by atoms with E-state index in [4.69, 9.17) is 10.7 Å². The maximum absolute atomic E-state index is 13.6. The highest BCUT2D eigenvalue weighted by Gasteiger charge is 2.20.